The van der Waals surface area contributed by atoms with Gasteiger partial charge in [0, 0.05) is 5.56 Å². The van der Waals surface area contributed by atoms with E-state index in [0.29, 0.717) is 28.7 Å². The van der Waals surface area contributed by atoms with Crippen molar-refractivity contribution in [1.29, 1.82) is 0 Å². The molecule has 1 amide bonds. The summed E-state index contributed by atoms with van der Waals surface area (Å²) in [5.74, 6) is 2.00. The van der Waals surface area contributed by atoms with Crippen LogP contribution in [0.1, 0.15) is 12.5 Å². The van der Waals surface area contributed by atoms with Crippen molar-refractivity contribution >= 4 is 22.4 Å². The molecule has 3 aromatic carbocycles. The summed E-state index contributed by atoms with van der Waals surface area (Å²) in [6.07, 6.45) is -0.791. The first-order valence-corrected chi connectivity index (χ1v) is 9.48. The van der Waals surface area contributed by atoms with Gasteiger partial charge in [-0.3, -0.25) is 4.79 Å². The van der Waals surface area contributed by atoms with Gasteiger partial charge >= 0.3 is 0 Å². The third-order valence-electron chi connectivity index (χ3n) is 4.90. The number of benzene rings is 3. The molecular formula is C23H22N2O5. The van der Waals surface area contributed by atoms with Crippen LogP contribution in [0.2, 0.25) is 0 Å². The molecule has 0 radical (unpaired) electrons. The molecule has 0 unspecified atom stereocenters. The molecule has 1 heterocycles. The van der Waals surface area contributed by atoms with Crippen LogP contribution in [0.25, 0.3) is 10.8 Å². The van der Waals surface area contributed by atoms with Gasteiger partial charge in [-0.1, -0.05) is 24.3 Å². The molecule has 1 aliphatic rings. The number of amides is 1. The molecule has 0 spiro atoms. The zero-order chi connectivity index (χ0) is 21.1. The number of carbonyl (C=O) groups excluding carboxylic acids is 1. The molecule has 1 atom stereocenters. The Bertz CT molecular complexity index is 1130. The SMILES string of the molecule is COc1ccc(/C(C)=N/NC(=O)[C@@H]2COc3cc4ccccc4cc3O2)cc1OC. The fourth-order valence-electron chi connectivity index (χ4n) is 3.22. The first kappa shape index (κ1) is 19.6. The number of fused-ring (bicyclic) bond motifs is 2. The minimum atomic E-state index is -0.791. The molecule has 7 nitrogen and oxygen atoms in total. The highest BCUT2D eigenvalue weighted by atomic mass is 16.6. The Morgan fingerprint density at radius 1 is 1.00 bits per heavy atom. The van der Waals surface area contributed by atoms with Gasteiger partial charge in [-0.15, -0.1) is 0 Å². The summed E-state index contributed by atoms with van der Waals surface area (Å²) in [7, 11) is 3.14. The lowest BCUT2D eigenvalue weighted by Gasteiger charge is -2.25. The predicted molar refractivity (Wildman–Crippen MR) is 114 cm³/mol. The highest BCUT2D eigenvalue weighted by molar-refractivity contribution is 6.00. The predicted octanol–water partition coefficient (Wildman–Crippen LogP) is 3.54. The molecule has 0 fully saturated rings. The van der Waals surface area contributed by atoms with Crippen LogP contribution in [0.5, 0.6) is 23.0 Å². The average molecular weight is 406 g/mol. The summed E-state index contributed by atoms with van der Waals surface area (Å²) in [4.78, 5) is 12.6. The topological polar surface area (TPSA) is 78.4 Å². The maximum atomic E-state index is 12.6. The molecule has 0 aliphatic carbocycles. The highest BCUT2D eigenvalue weighted by Crippen LogP contribution is 2.35. The number of hydrazone groups is 1. The van der Waals surface area contributed by atoms with Crippen LogP contribution in [0.15, 0.2) is 59.7 Å². The van der Waals surface area contributed by atoms with Crippen molar-refractivity contribution in [2.24, 2.45) is 5.10 Å². The van der Waals surface area contributed by atoms with Crippen molar-refractivity contribution < 1.29 is 23.7 Å². The number of rotatable bonds is 5. The Kier molecular flexibility index (Phi) is 5.43. The lowest BCUT2D eigenvalue weighted by Crippen LogP contribution is -2.42. The molecule has 0 saturated heterocycles. The van der Waals surface area contributed by atoms with Crippen molar-refractivity contribution in [2.45, 2.75) is 13.0 Å². The van der Waals surface area contributed by atoms with Gasteiger partial charge in [0.25, 0.3) is 5.91 Å². The highest BCUT2D eigenvalue weighted by Gasteiger charge is 2.27. The van der Waals surface area contributed by atoms with Gasteiger partial charge in [0.05, 0.1) is 19.9 Å². The van der Waals surface area contributed by atoms with Crippen molar-refractivity contribution in [3.8, 4) is 23.0 Å². The largest absolute Gasteiger partial charge is 0.493 e. The van der Waals surface area contributed by atoms with E-state index in [1.807, 2.05) is 42.5 Å². The van der Waals surface area contributed by atoms with E-state index in [1.165, 1.54) is 0 Å². The van der Waals surface area contributed by atoms with E-state index in [9.17, 15) is 4.79 Å². The third-order valence-corrected chi connectivity index (χ3v) is 4.90. The smallest absolute Gasteiger partial charge is 0.284 e. The van der Waals surface area contributed by atoms with Gasteiger partial charge in [0.15, 0.2) is 23.0 Å². The zero-order valence-corrected chi connectivity index (χ0v) is 17.0. The van der Waals surface area contributed by atoms with E-state index < -0.39 is 6.10 Å². The Hall–Kier alpha value is -3.74. The summed E-state index contributed by atoms with van der Waals surface area (Å²) in [6.45, 7) is 1.91. The van der Waals surface area contributed by atoms with Crippen molar-refractivity contribution in [1.82, 2.24) is 5.43 Å². The van der Waals surface area contributed by atoms with Crippen LogP contribution in [0.3, 0.4) is 0 Å². The summed E-state index contributed by atoms with van der Waals surface area (Å²) >= 11 is 0. The standard InChI is InChI=1S/C23H22N2O5/c1-14(15-8-9-18(27-2)19(10-15)28-3)24-25-23(26)22-13-29-20-11-16-6-4-5-7-17(16)12-21(20)30-22/h4-12,22H,13H2,1-3H3,(H,25,26)/b24-14+/t22-/m0/s1. The number of ether oxygens (including phenoxy) is 4. The Labute approximate surface area is 174 Å². The van der Waals surface area contributed by atoms with E-state index in [2.05, 4.69) is 10.5 Å². The fourth-order valence-corrected chi connectivity index (χ4v) is 3.22. The van der Waals surface area contributed by atoms with Gasteiger partial charge in [0.1, 0.15) is 6.61 Å². The van der Waals surface area contributed by atoms with Crippen LogP contribution in [-0.2, 0) is 4.79 Å². The number of hydrogen-bond donors (Lipinski definition) is 1. The normalized spacial score (nSPS) is 15.6. The van der Waals surface area contributed by atoms with Crippen molar-refractivity contribution in [3.63, 3.8) is 0 Å². The molecule has 3 aromatic rings. The van der Waals surface area contributed by atoms with Crippen LogP contribution in [0, 0.1) is 0 Å². The third kappa shape index (κ3) is 3.87. The number of nitrogens with one attached hydrogen (secondary N) is 1. The van der Waals surface area contributed by atoms with Gasteiger partial charge in [-0.05, 0) is 48.0 Å². The summed E-state index contributed by atoms with van der Waals surface area (Å²) in [6, 6.07) is 17.1. The van der Waals surface area contributed by atoms with Crippen molar-refractivity contribution in [3.05, 3.63) is 60.2 Å². The molecule has 7 heteroatoms. The summed E-state index contributed by atoms with van der Waals surface area (Å²) in [5.41, 5.74) is 3.97. The second kappa shape index (κ2) is 8.32. The molecule has 0 bridgehead atoms. The van der Waals surface area contributed by atoms with Gasteiger partial charge in [-0.25, -0.2) is 5.43 Å². The minimum Gasteiger partial charge on any atom is -0.493 e. The summed E-state index contributed by atoms with van der Waals surface area (Å²) in [5, 5.41) is 6.26. The molecule has 30 heavy (non-hydrogen) atoms. The van der Waals surface area contributed by atoms with E-state index in [-0.39, 0.29) is 12.5 Å². The molecule has 1 N–H and O–H groups in total. The molecule has 0 saturated carbocycles. The quantitative estimate of drug-likeness (QED) is 0.518. The first-order valence-electron chi connectivity index (χ1n) is 9.48. The number of hydrogen-bond acceptors (Lipinski definition) is 6. The monoisotopic (exact) mass is 406 g/mol. The van der Waals surface area contributed by atoms with Gasteiger partial charge in [0.2, 0.25) is 6.10 Å². The fraction of sp³-hybridized carbons (Fsp3) is 0.217. The lowest BCUT2D eigenvalue weighted by atomic mass is 10.1. The summed E-state index contributed by atoms with van der Waals surface area (Å²) < 4.78 is 22.2. The van der Waals surface area contributed by atoms with Gasteiger partial charge < -0.3 is 18.9 Å². The molecule has 1 aliphatic heterocycles. The van der Waals surface area contributed by atoms with Gasteiger partial charge in [-0.2, -0.15) is 5.10 Å². The second-order valence-corrected chi connectivity index (χ2v) is 6.81. The van der Waals surface area contributed by atoms with Crippen LogP contribution >= 0.6 is 0 Å². The Morgan fingerprint density at radius 3 is 2.40 bits per heavy atom. The van der Waals surface area contributed by atoms with Crippen LogP contribution in [0.4, 0.5) is 0 Å². The van der Waals surface area contributed by atoms with E-state index in [0.717, 1.165) is 16.3 Å². The molecule has 154 valence electrons. The Morgan fingerprint density at radius 2 is 1.70 bits per heavy atom. The first-order chi connectivity index (χ1) is 14.6. The average Bonchev–Trinajstić information content (AvgIpc) is 2.79. The second-order valence-electron chi connectivity index (χ2n) is 6.81. The zero-order valence-electron chi connectivity index (χ0n) is 17.0. The molecular weight excluding hydrogens is 384 g/mol. The minimum absolute atomic E-state index is 0.113. The number of nitrogens with zero attached hydrogens (tertiary/aromatic N) is 1. The van der Waals surface area contributed by atoms with Crippen LogP contribution in [-0.4, -0.2) is 38.5 Å². The van der Waals surface area contributed by atoms with E-state index in [1.54, 1.807) is 33.3 Å². The lowest BCUT2D eigenvalue weighted by molar-refractivity contribution is -0.130. The Balaban J connectivity index is 1.46. The molecule has 4 rings (SSSR count). The van der Waals surface area contributed by atoms with E-state index >= 15 is 0 Å². The molecule has 0 aromatic heterocycles. The van der Waals surface area contributed by atoms with E-state index in [4.69, 9.17) is 18.9 Å². The maximum absolute atomic E-state index is 12.6. The van der Waals surface area contributed by atoms with Crippen molar-refractivity contribution in [2.75, 3.05) is 20.8 Å². The maximum Gasteiger partial charge on any atom is 0.284 e. The number of methoxy groups -OCH3 is 2. The number of carbonyl (C=O) groups is 1. The van der Waals surface area contributed by atoms with Crippen LogP contribution < -0.4 is 24.4 Å².